The summed E-state index contributed by atoms with van der Waals surface area (Å²) in [6.45, 7) is 0. The number of carboxylic acids is 1. The number of carbonyl (C=O) groups is 1. The van der Waals surface area contributed by atoms with E-state index in [0.29, 0.717) is 0 Å². The van der Waals surface area contributed by atoms with E-state index < -0.39 is 54.0 Å². The zero-order valence-electron chi connectivity index (χ0n) is 12.2. The third kappa shape index (κ3) is 3.74. The van der Waals surface area contributed by atoms with Crippen LogP contribution in [0.25, 0.3) is 0 Å². The van der Waals surface area contributed by atoms with Crippen LogP contribution in [0.3, 0.4) is 0 Å². The number of aliphatic carboxylic acids is 1. The first kappa shape index (κ1) is 27.2. The lowest BCUT2D eigenvalue weighted by Gasteiger charge is -2.41. The van der Waals surface area contributed by atoms with Crippen LogP contribution in [0.15, 0.2) is 0 Å². The van der Waals surface area contributed by atoms with E-state index in [1.807, 2.05) is 0 Å². The van der Waals surface area contributed by atoms with Crippen molar-refractivity contribution in [2.75, 3.05) is 0 Å². The minimum atomic E-state index is -8.70. The summed E-state index contributed by atoms with van der Waals surface area (Å²) in [6.07, 6.45) is -22.2. The van der Waals surface area contributed by atoms with Crippen LogP contribution in [0.1, 0.15) is 0 Å². The van der Waals surface area contributed by atoms with E-state index in [4.69, 9.17) is 5.11 Å². The zero-order valence-corrected chi connectivity index (χ0v) is 12.2. The molecule has 0 saturated heterocycles. The normalized spacial score (nSPS) is 16.2. The highest BCUT2D eigenvalue weighted by atomic mass is 19.4. The average Bonchev–Trinajstić information content (AvgIpc) is 2.43. The van der Waals surface area contributed by atoms with Crippen molar-refractivity contribution in [2.45, 2.75) is 48.0 Å². The molecular formula is C9HF17O3. The van der Waals surface area contributed by atoms with Gasteiger partial charge in [0.25, 0.3) is 0 Å². The first-order valence-corrected chi connectivity index (χ1v) is 5.80. The molecule has 1 N–H and O–H groups in total. The summed E-state index contributed by atoms with van der Waals surface area (Å²) in [5, 5.41) is 7.63. The third-order valence-electron chi connectivity index (χ3n) is 2.80. The number of hydrogen-bond donors (Lipinski definition) is 1. The van der Waals surface area contributed by atoms with E-state index in [1.165, 1.54) is 4.74 Å². The number of hydrogen-bond acceptors (Lipinski definition) is 2. The van der Waals surface area contributed by atoms with E-state index in [2.05, 4.69) is 0 Å². The van der Waals surface area contributed by atoms with Gasteiger partial charge in [-0.05, 0) is 0 Å². The Labute approximate surface area is 145 Å². The number of carboxylic acid groups (broad SMARTS) is 1. The molecule has 0 amide bonds. The fourth-order valence-electron chi connectivity index (χ4n) is 1.22. The molecule has 3 nitrogen and oxygen atoms in total. The number of rotatable bonds is 8. The minimum Gasteiger partial charge on any atom is -0.475 e. The Morgan fingerprint density at radius 3 is 1.07 bits per heavy atom. The summed E-state index contributed by atoms with van der Waals surface area (Å²) in [6, 6.07) is 0. The van der Waals surface area contributed by atoms with Crippen molar-refractivity contribution in [3.63, 3.8) is 0 Å². The first-order valence-electron chi connectivity index (χ1n) is 5.80. The molecule has 0 bridgehead atoms. The van der Waals surface area contributed by atoms with Crippen molar-refractivity contribution in [1.29, 1.82) is 0 Å². The fraction of sp³-hybridized carbons (Fsp3) is 0.889. The Kier molecular flexibility index (Phi) is 6.22. The number of ether oxygens (including phenoxy) is 1. The van der Waals surface area contributed by atoms with Gasteiger partial charge in [-0.25, -0.2) is 9.53 Å². The van der Waals surface area contributed by atoms with Gasteiger partial charge in [0.05, 0.1) is 0 Å². The molecular weight excluding hydrogens is 479 g/mol. The average molecular weight is 480 g/mol. The molecule has 0 saturated carbocycles. The topological polar surface area (TPSA) is 46.5 Å². The predicted molar refractivity (Wildman–Crippen MR) is 49.4 cm³/mol. The standard InChI is InChI=1S/C9HF17O3/c10-2(11,1(27)28)29-9(25,26)7(20,21)5(16,17)3(12,13)4(14,15)6(18,19)8(22,23)24/h(H,27,28). The number of halogens is 17. The summed E-state index contributed by atoms with van der Waals surface area (Å²) >= 11 is 0. The van der Waals surface area contributed by atoms with E-state index in [9.17, 15) is 79.4 Å². The van der Waals surface area contributed by atoms with Crippen LogP contribution in [0.5, 0.6) is 0 Å². The van der Waals surface area contributed by atoms with E-state index in [1.54, 1.807) is 0 Å². The number of alkyl halides is 17. The smallest absolute Gasteiger partial charge is 0.460 e. The van der Waals surface area contributed by atoms with Crippen LogP contribution in [0.2, 0.25) is 0 Å². The molecule has 0 atom stereocenters. The van der Waals surface area contributed by atoms with Crippen molar-refractivity contribution in [2.24, 2.45) is 0 Å². The van der Waals surface area contributed by atoms with Crippen molar-refractivity contribution >= 4 is 5.97 Å². The molecule has 174 valence electrons. The van der Waals surface area contributed by atoms with Gasteiger partial charge in [0.2, 0.25) is 0 Å². The van der Waals surface area contributed by atoms with Crippen LogP contribution < -0.4 is 0 Å². The van der Waals surface area contributed by atoms with Gasteiger partial charge >= 0.3 is 54.0 Å². The first-order chi connectivity index (χ1) is 12.2. The molecule has 0 aliphatic rings. The Bertz CT molecular complexity index is 633. The highest BCUT2D eigenvalue weighted by Crippen LogP contribution is 2.62. The molecule has 0 spiro atoms. The van der Waals surface area contributed by atoms with Crippen LogP contribution >= 0.6 is 0 Å². The summed E-state index contributed by atoms with van der Waals surface area (Å²) in [5.74, 6) is -46.5. The van der Waals surface area contributed by atoms with Crippen molar-refractivity contribution in [1.82, 2.24) is 0 Å². The molecule has 0 aromatic rings. The Morgan fingerprint density at radius 2 is 0.793 bits per heavy atom. The minimum absolute atomic E-state index is 1.41. The predicted octanol–water partition coefficient (Wildman–Crippen LogP) is 5.01. The van der Waals surface area contributed by atoms with Gasteiger partial charge in [0.15, 0.2) is 0 Å². The Hall–Kier alpha value is -1.76. The molecule has 29 heavy (non-hydrogen) atoms. The molecule has 0 aromatic heterocycles. The Balaban J connectivity index is 6.54. The van der Waals surface area contributed by atoms with E-state index in [-0.39, 0.29) is 0 Å². The maximum atomic E-state index is 13.0. The van der Waals surface area contributed by atoms with Crippen molar-refractivity contribution in [3.8, 4) is 0 Å². The molecule has 0 rings (SSSR count). The largest absolute Gasteiger partial charge is 0.475 e. The second-order valence-electron chi connectivity index (χ2n) is 4.81. The van der Waals surface area contributed by atoms with Crippen molar-refractivity contribution < 1.29 is 89.3 Å². The second-order valence-corrected chi connectivity index (χ2v) is 4.81. The summed E-state index contributed by atoms with van der Waals surface area (Å²) < 4.78 is 215. The molecule has 0 radical (unpaired) electrons. The second kappa shape index (κ2) is 6.62. The Morgan fingerprint density at radius 1 is 0.517 bits per heavy atom. The molecule has 0 unspecified atom stereocenters. The van der Waals surface area contributed by atoms with Gasteiger partial charge in [-0.2, -0.15) is 74.6 Å². The van der Waals surface area contributed by atoms with Gasteiger partial charge in [-0.15, -0.1) is 0 Å². The quantitative estimate of drug-likeness (QED) is 0.497. The zero-order chi connectivity index (χ0) is 24.3. The lowest BCUT2D eigenvalue weighted by Crippen LogP contribution is -2.73. The van der Waals surface area contributed by atoms with Crippen LogP contribution in [-0.2, 0) is 9.53 Å². The van der Waals surface area contributed by atoms with Crippen molar-refractivity contribution in [3.05, 3.63) is 0 Å². The van der Waals surface area contributed by atoms with Gasteiger partial charge in [-0.1, -0.05) is 0 Å². The monoisotopic (exact) mass is 480 g/mol. The van der Waals surface area contributed by atoms with Gasteiger partial charge < -0.3 is 5.11 Å². The highest BCUT2D eigenvalue weighted by Gasteiger charge is 2.94. The van der Waals surface area contributed by atoms with Crippen LogP contribution in [-0.4, -0.2) is 59.1 Å². The maximum Gasteiger partial charge on any atom is 0.460 e. The summed E-state index contributed by atoms with van der Waals surface area (Å²) in [4.78, 5) is 9.74. The van der Waals surface area contributed by atoms with E-state index >= 15 is 0 Å². The van der Waals surface area contributed by atoms with E-state index in [0.717, 1.165) is 0 Å². The molecule has 20 heteroatoms. The molecule has 0 heterocycles. The lowest BCUT2D eigenvalue weighted by atomic mass is 9.93. The molecule has 0 aliphatic heterocycles. The van der Waals surface area contributed by atoms with Crippen LogP contribution in [0, 0.1) is 0 Å². The molecule has 0 aromatic carbocycles. The van der Waals surface area contributed by atoms with Crippen LogP contribution in [0.4, 0.5) is 74.6 Å². The van der Waals surface area contributed by atoms with Gasteiger partial charge in [-0.3, -0.25) is 0 Å². The summed E-state index contributed by atoms with van der Waals surface area (Å²) in [5.41, 5.74) is 0. The van der Waals surface area contributed by atoms with Gasteiger partial charge in [0, 0.05) is 0 Å². The lowest BCUT2D eigenvalue weighted by molar-refractivity contribution is -0.490. The SMILES string of the molecule is O=C(O)C(F)(F)OC(F)(F)C(F)(F)C(F)(F)C(F)(F)C(F)(F)C(F)(F)C(F)(F)F. The fourth-order valence-corrected chi connectivity index (χ4v) is 1.22. The molecule has 0 fully saturated rings. The highest BCUT2D eigenvalue weighted by molar-refractivity contribution is 5.73. The van der Waals surface area contributed by atoms with Gasteiger partial charge in [0.1, 0.15) is 0 Å². The molecule has 0 aliphatic carbocycles. The maximum absolute atomic E-state index is 13.0. The third-order valence-corrected chi connectivity index (χ3v) is 2.80. The summed E-state index contributed by atoms with van der Waals surface area (Å²) in [7, 11) is 0.